The molecule has 2 aromatic rings. The van der Waals surface area contributed by atoms with Gasteiger partial charge in [0.25, 0.3) is 0 Å². The van der Waals surface area contributed by atoms with E-state index in [1.807, 2.05) is 29.2 Å². The monoisotopic (exact) mass is 463 g/mol. The van der Waals surface area contributed by atoms with Crippen molar-refractivity contribution >= 4 is 40.2 Å². The van der Waals surface area contributed by atoms with Gasteiger partial charge in [0.2, 0.25) is 0 Å². The summed E-state index contributed by atoms with van der Waals surface area (Å²) in [5.74, 6) is 0.627. The SMILES string of the molecule is COc1ccccc1CCN(C(=O)Nc1ncc(SCC(=O)O)s1)[C@H]1CC[C@H](C)CC1. The molecule has 1 saturated carbocycles. The zero-order valence-corrected chi connectivity index (χ0v) is 19.5. The third kappa shape index (κ3) is 6.87. The molecule has 0 unspecified atom stereocenters. The van der Waals surface area contributed by atoms with Gasteiger partial charge in [-0.1, -0.05) is 36.5 Å². The lowest BCUT2D eigenvalue weighted by molar-refractivity contribution is -0.133. The number of nitrogens with one attached hydrogen (secondary N) is 1. The van der Waals surface area contributed by atoms with Gasteiger partial charge in [-0.05, 0) is 49.7 Å². The Balaban J connectivity index is 1.68. The fourth-order valence-corrected chi connectivity index (χ4v) is 5.42. The van der Waals surface area contributed by atoms with Crippen LogP contribution in [0.3, 0.4) is 0 Å². The summed E-state index contributed by atoms with van der Waals surface area (Å²) < 4.78 is 6.23. The Labute approximate surface area is 191 Å². The summed E-state index contributed by atoms with van der Waals surface area (Å²) in [6, 6.07) is 7.94. The average molecular weight is 464 g/mol. The van der Waals surface area contributed by atoms with Crippen LogP contribution in [0.2, 0.25) is 0 Å². The predicted octanol–water partition coefficient (Wildman–Crippen LogP) is 4.98. The summed E-state index contributed by atoms with van der Waals surface area (Å²) in [5.41, 5.74) is 1.08. The van der Waals surface area contributed by atoms with Crippen LogP contribution >= 0.6 is 23.1 Å². The number of rotatable bonds is 9. The molecule has 168 valence electrons. The summed E-state index contributed by atoms with van der Waals surface area (Å²) >= 11 is 2.50. The lowest BCUT2D eigenvalue weighted by atomic mass is 9.86. The van der Waals surface area contributed by atoms with Crippen molar-refractivity contribution < 1.29 is 19.4 Å². The van der Waals surface area contributed by atoms with Crippen molar-refractivity contribution in [2.24, 2.45) is 5.92 Å². The van der Waals surface area contributed by atoms with Gasteiger partial charge in [0.1, 0.15) is 5.75 Å². The molecule has 3 rings (SSSR count). The van der Waals surface area contributed by atoms with Gasteiger partial charge in [0, 0.05) is 12.6 Å². The molecule has 0 saturated heterocycles. The predicted molar refractivity (Wildman–Crippen MR) is 124 cm³/mol. The second-order valence-electron chi connectivity index (χ2n) is 7.77. The number of hydrogen-bond acceptors (Lipinski definition) is 6. The number of carboxylic acid groups (broad SMARTS) is 1. The molecule has 0 bridgehead atoms. The lowest BCUT2D eigenvalue weighted by Crippen LogP contribution is -2.45. The van der Waals surface area contributed by atoms with E-state index in [0.717, 1.165) is 41.2 Å². The summed E-state index contributed by atoms with van der Waals surface area (Å²) in [7, 11) is 1.66. The van der Waals surface area contributed by atoms with Gasteiger partial charge in [0.05, 0.1) is 23.3 Å². The van der Waals surface area contributed by atoms with Crippen molar-refractivity contribution in [2.45, 2.75) is 49.3 Å². The number of para-hydroxylation sites is 1. The van der Waals surface area contributed by atoms with Gasteiger partial charge in [-0.2, -0.15) is 0 Å². The first kappa shape index (κ1) is 23.4. The van der Waals surface area contributed by atoms with E-state index < -0.39 is 5.97 Å². The number of thioether (sulfide) groups is 1. The smallest absolute Gasteiger partial charge is 0.323 e. The molecule has 0 radical (unpaired) electrons. The zero-order valence-electron chi connectivity index (χ0n) is 17.9. The fraction of sp³-hybridized carbons (Fsp3) is 0.500. The van der Waals surface area contributed by atoms with Crippen LogP contribution in [0.15, 0.2) is 34.7 Å². The van der Waals surface area contributed by atoms with Gasteiger partial charge < -0.3 is 14.7 Å². The number of anilines is 1. The molecule has 2 amide bonds. The highest BCUT2D eigenvalue weighted by atomic mass is 32.2. The average Bonchev–Trinajstić information content (AvgIpc) is 3.21. The molecule has 1 aliphatic carbocycles. The van der Waals surface area contributed by atoms with Crippen LogP contribution in [0, 0.1) is 5.92 Å². The molecular weight excluding hydrogens is 434 g/mol. The van der Waals surface area contributed by atoms with Crippen LogP contribution in [0.25, 0.3) is 0 Å². The molecule has 2 N–H and O–H groups in total. The molecule has 1 aromatic heterocycles. The Morgan fingerprint density at radius 2 is 2.03 bits per heavy atom. The molecule has 0 spiro atoms. The second kappa shape index (κ2) is 11.4. The summed E-state index contributed by atoms with van der Waals surface area (Å²) in [6.45, 7) is 2.86. The van der Waals surface area contributed by atoms with E-state index in [9.17, 15) is 9.59 Å². The number of aromatic nitrogens is 1. The zero-order chi connectivity index (χ0) is 22.2. The molecule has 0 aliphatic heterocycles. The first-order valence-electron chi connectivity index (χ1n) is 10.5. The second-order valence-corrected chi connectivity index (χ2v) is 10.1. The van der Waals surface area contributed by atoms with E-state index in [2.05, 4.69) is 17.2 Å². The number of carboxylic acids is 1. The minimum Gasteiger partial charge on any atom is -0.496 e. The number of benzene rings is 1. The topological polar surface area (TPSA) is 91.8 Å². The molecule has 1 aromatic carbocycles. The molecule has 1 fully saturated rings. The lowest BCUT2D eigenvalue weighted by Gasteiger charge is -2.36. The van der Waals surface area contributed by atoms with E-state index in [0.29, 0.717) is 24.0 Å². The van der Waals surface area contributed by atoms with Crippen LogP contribution in [0.5, 0.6) is 5.75 Å². The van der Waals surface area contributed by atoms with Crippen LogP contribution in [0.1, 0.15) is 38.2 Å². The number of carbonyl (C=O) groups is 2. The molecule has 31 heavy (non-hydrogen) atoms. The number of urea groups is 1. The van der Waals surface area contributed by atoms with Crippen LogP contribution in [0.4, 0.5) is 9.93 Å². The van der Waals surface area contributed by atoms with E-state index in [-0.39, 0.29) is 17.8 Å². The number of aliphatic carboxylic acids is 1. The van der Waals surface area contributed by atoms with E-state index in [1.54, 1.807) is 13.3 Å². The van der Waals surface area contributed by atoms with Gasteiger partial charge in [-0.25, -0.2) is 9.78 Å². The third-order valence-electron chi connectivity index (χ3n) is 5.54. The van der Waals surface area contributed by atoms with Crippen molar-refractivity contribution in [3.8, 4) is 5.75 Å². The van der Waals surface area contributed by atoms with E-state index in [4.69, 9.17) is 9.84 Å². The first-order valence-corrected chi connectivity index (χ1v) is 12.3. The maximum absolute atomic E-state index is 13.2. The Morgan fingerprint density at radius 3 is 2.74 bits per heavy atom. The maximum atomic E-state index is 13.2. The summed E-state index contributed by atoms with van der Waals surface area (Å²) in [5, 5.41) is 12.2. The van der Waals surface area contributed by atoms with Crippen molar-refractivity contribution in [2.75, 3.05) is 24.7 Å². The largest absolute Gasteiger partial charge is 0.496 e. The highest BCUT2D eigenvalue weighted by Crippen LogP contribution is 2.30. The fourth-order valence-electron chi connectivity index (χ4n) is 3.83. The van der Waals surface area contributed by atoms with Gasteiger partial charge in [-0.3, -0.25) is 10.1 Å². The van der Waals surface area contributed by atoms with Crippen molar-refractivity contribution in [3.05, 3.63) is 36.0 Å². The number of thiazole rings is 1. The Kier molecular flexibility index (Phi) is 8.60. The number of nitrogens with zero attached hydrogens (tertiary/aromatic N) is 2. The number of hydrogen-bond donors (Lipinski definition) is 2. The first-order chi connectivity index (χ1) is 15.0. The molecule has 7 nitrogen and oxygen atoms in total. The summed E-state index contributed by atoms with van der Waals surface area (Å²) in [4.78, 5) is 30.1. The minimum absolute atomic E-state index is 0.0269. The standard InChI is InChI=1S/C22H29N3O4S2/c1-15-7-9-17(10-8-15)25(12-11-16-5-3-4-6-18(16)29-2)22(28)24-21-23-13-20(31-21)30-14-19(26)27/h3-6,13,15,17H,7-12,14H2,1-2H3,(H,26,27)(H,23,24,28)/t15-,17-. The molecular formula is C22H29N3O4S2. The highest BCUT2D eigenvalue weighted by molar-refractivity contribution is 8.01. The Bertz CT molecular complexity index is 881. The molecule has 0 atom stereocenters. The van der Waals surface area contributed by atoms with Gasteiger partial charge in [-0.15, -0.1) is 11.8 Å². The molecule has 1 heterocycles. The highest BCUT2D eigenvalue weighted by Gasteiger charge is 2.28. The van der Waals surface area contributed by atoms with Crippen LogP contribution < -0.4 is 10.1 Å². The third-order valence-corrected chi connectivity index (χ3v) is 7.63. The summed E-state index contributed by atoms with van der Waals surface area (Å²) in [6.07, 6.45) is 6.55. The van der Waals surface area contributed by atoms with Crippen molar-refractivity contribution in [3.63, 3.8) is 0 Å². The number of ether oxygens (including phenoxy) is 1. The number of methoxy groups -OCH3 is 1. The van der Waals surface area contributed by atoms with Crippen LogP contribution in [-0.2, 0) is 11.2 Å². The quantitative estimate of drug-likeness (QED) is 0.510. The molecule has 9 heteroatoms. The maximum Gasteiger partial charge on any atom is 0.323 e. The Morgan fingerprint density at radius 1 is 1.29 bits per heavy atom. The normalized spacial score (nSPS) is 18.4. The van der Waals surface area contributed by atoms with Gasteiger partial charge >= 0.3 is 12.0 Å². The van der Waals surface area contributed by atoms with E-state index in [1.165, 1.54) is 23.1 Å². The number of amides is 2. The Hall–Kier alpha value is -2.26. The van der Waals surface area contributed by atoms with Crippen molar-refractivity contribution in [1.29, 1.82) is 0 Å². The van der Waals surface area contributed by atoms with E-state index >= 15 is 0 Å². The number of carbonyl (C=O) groups excluding carboxylic acids is 1. The van der Waals surface area contributed by atoms with Crippen LogP contribution in [-0.4, -0.2) is 52.4 Å². The van der Waals surface area contributed by atoms with Crippen molar-refractivity contribution in [1.82, 2.24) is 9.88 Å². The van der Waals surface area contributed by atoms with Gasteiger partial charge in [0.15, 0.2) is 5.13 Å². The molecule has 1 aliphatic rings. The minimum atomic E-state index is -0.877.